The molecule has 1 heterocycles. The molecular weight excluding hydrogens is 312 g/mol. The number of rotatable bonds is 4. The molecule has 1 atom stereocenters. The quantitative estimate of drug-likeness (QED) is 0.935. The lowest BCUT2D eigenvalue weighted by atomic mass is 10.2. The van der Waals surface area contributed by atoms with Crippen LogP contribution in [0.25, 0.3) is 0 Å². The summed E-state index contributed by atoms with van der Waals surface area (Å²) in [7, 11) is -3.54. The molecule has 23 heavy (non-hydrogen) atoms. The number of benzene rings is 2. The summed E-state index contributed by atoms with van der Waals surface area (Å²) >= 11 is 0. The molecule has 2 aromatic carbocycles. The molecule has 0 saturated carbocycles. The minimum absolute atomic E-state index is 0.208. The van der Waals surface area contributed by atoms with Crippen molar-refractivity contribution in [2.75, 3.05) is 29.3 Å². The maximum Gasteiger partial charge on any atom is 0.261 e. The van der Waals surface area contributed by atoms with Crippen molar-refractivity contribution in [2.45, 2.75) is 17.9 Å². The van der Waals surface area contributed by atoms with Crippen LogP contribution in [0.2, 0.25) is 0 Å². The average molecular weight is 332 g/mol. The zero-order valence-electron chi connectivity index (χ0n) is 13.0. The molecule has 1 saturated heterocycles. The summed E-state index contributed by atoms with van der Waals surface area (Å²) in [5.74, 6) is 0. The Morgan fingerprint density at radius 1 is 1.09 bits per heavy atom. The summed E-state index contributed by atoms with van der Waals surface area (Å²) in [6, 6.07) is 15.8. The van der Waals surface area contributed by atoms with Crippen LogP contribution in [0, 0.1) is 0 Å². The fourth-order valence-electron chi connectivity index (χ4n) is 2.61. The van der Waals surface area contributed by atoms with Crippen LogP contribution in [-0.4, -0.2) is 34.2 Å². The standard InChI is InChI=1S/C17H20N2O3S/c1-14-13-19(11-12-22-14)16-9-7-15(8-10-16)18-23(20,21)17-5-3-2-4-6-17/h2-10,14,18H,11-13H2,1H3. The largest absolute Gasteiger partial charge is 0.375 e. The molecule has 1 N–H and O–H groups in total. The number of ether oxygens (including phenoxy) is 1. The Morgan fingerprint density at radius 3 is 2.43 bits per heavy atom. The Labute approximate surface area is 136 Å². The molecule has 0 spiro atoms. The van der Waals surface area contributed by atoms with Crippen LogP contribution >= 0.6 is 0 Å². The average Bonchev–Trinajstić information content (AvgIpc) is 2.56. The number of nitrogens with zero attached hydrogens (tertiary/aromatic N) is 1. The Hall–Kier alpha value is -2.05. The molecule has 3 rings (SSSR count). The molecule has 5 nitrogen and oxygen atoms in total. The monoisotopic (exact) mass is 332 g/mol. The first kappa shape index (κ1) is 15.8. The van der Waals surface area contributed by atoms with Crippen molar-refractivity contribution in [1.82, 2.24) is 0 Å². The Bertz CT molecular complexity index is 745. The van der Waals surface area contributed by atoms with Crippen molar-refractivity contribution in [1.29, 1.82) is 0 Å². The second-order valence-electron chi connectivity index (χ2n) is 5.59. The second kappa shape index (κ2) is 6.60. The van der Waals surface area contributed by atoms with Gasteiger partial charge in [-0.3, -0.25) is 4.72 Å². The first-order valence-electron chi connectivity index (χ1n) is 7.59. The van der Waals surface area contributed by atoms with E-state index in [2.05, 4.69) is 16.5 Å². The van der Waals surface area contributed by atoms with Crippen molar-refractivity contribution in [3.05, 3.63) is 54.6 Å². The molecule has 0 amide bonds. The summed E-state index contributed by atoms with van der Waals surface area (Å²) in [6.45, 7) is 4.45. The minimum atomic E-state index is -3.54. The van der Waals surface area contributed by atoms with Gasteiger partial charge >= 0.3 is 0 Å². The molecule has 2 aromatic rings. The lowest BCUT2D eigenvalue weighted by Gasteiger charge is -2.33. The molecule has 1 unspecified atom stereocenters. The molecule has 1 aliphatic rings. The predicted molar refractivity (Wildman–Crippen MR) is 91.3 cm³/mol. The number of nitrogens with one attached hydrogen (secondary N) is 1. The van der Waals surface area contributed by atoms with Crippen molar-refractivity contribution in [2.24, 2.45) is 0 Å². The Morgan fingerprint density at radius 2 is 1.78 bits per heavy atom. The van der Waals surface area contributed by atoms with Gasteiger partial charge in [-0.15, -0.1) is 0 Å². The van der Waals surface area contributed by atoms with Crippen LogP contribution < -0.4 is 9.62 Å². The summed E-state index contributed by atoms with van der Waals surface area (Å²) < 4.78 is 32.7. The van der Waals surface area contributed by atoms with Crippen LogP contribution in [0.15, 0.2) is 59.5 Å². The third-order valence-corrected chi connectivity index (χ3v) is 5.18. The van der Waals surface area contributed by atoms with Gasteiger partial charge < -0.3 is 9.64 Å². The summed E-state index contributed by atoms with van der Waals surface area (Å²) in [4.78, 5) is 2.50. The first-order valence-corrected chi connectivity index (χ1v) is 9.07. The van der Waals surface area contributed by atoms with Crippen molar-refractivity contribution >= 4 is 21.4 Å². The predicted octanol–water partition coefficient (Wildman–Crippen LogP) is 2.71. The third-order valence-electron chi connectivity index (χ3n) is 3.78. The van der Waals surface area contributed by atoms with Gasteiger partial charge in [0.1, 0.15) is 0 Å². The number of hydrogen-bond acceptors (Lipinski definition) is 4. The van der Waals surface area contributed by atoms with E-state index >= 15 is 0 Å². The van der Waals surface area contributed by atoms with Gasteiger partial charge in [-0.25, -0.2) is 8.42 Å². The third kappa shape index (κ3) is 3.83. The van der Waals surface area contributed by atoms with E-state index in [0.717, 1.165) is 18.8 Å². The zero-order chi connectivity index (χ0) is 16.3. The maximum absolute atomic E-state index is 12.3. The number of hydrogen-bond donors (Lipinski definition) is 1. The smallest absolute Gasteiger partial charge is 0.261 e. The second-order valence-corrected chi connectivity index (χ2v) is 7.28. The van der Waals surface area contributed by atoms with Gasteiger partial charge in [0.15, 0.2) is 0 Å². The number of morpholine rings is 1. The van der Waals surface area contributed by atoms with Crippen LogP contribution in [-0.2, 0) is 14.8 Å². The molecule has 0 aromatic heterocycles. The van der Waals surface area contributed by atoms with E-state index in [9.17, 15) is 8.42 Å². The fourth-order valence-corrected chi connectivity index (χ4v) is 3.69. The van der Waals surface area contributed by atoms with Crippen LogP contribution in [0.4, 0.5) is 11.4 Å². The molecular formula is C17H20N2O3S. The van der Waals surface area contributed by atoms with E-state index < -0.39 is 10.0 Å². The van der Waals surface area contributed by atoms with Gasteiger partial charge in [0, 0.05) is 24.5 Å². The molecule has 1 aliphatic heterocycles. The molecule has 1 fully saturated rings. The van der Waals surface area contributed by atoms with Gasteiger partial charge in [-0.1, -0.05) is 18.2 Å². The Kier molecular flexibility index (Phi) is 4.54. The van der Waals surface area contributed by atoms with E-state index in [-0.39, 0.29) is 11.0 Å². The first-order chi connectivity index (χ1) is 11.0. The molecule has 0 aliphatic carbocycles. The summed E-state index contributed by atoms with van der Waals surface area (Å²) in [5.41, 5.74) is 1.63. The number of sulfonamides is 1. The van der Waals surface area contributed by atoms with Gasteiger partial charge in [0.2, 0.25) is 0 Å². The van der Waals surface area contributed by atoms with Crippen molar-refractivity contribution in [3.8, 4) is 0 Å². The van der Waals surface area contributed by atoms with Gasteiger partial charge in [0.05, 0.1) is 17.6 Å². The molecule has 0 bridgehead atoms. The lowest BCUT2D eigenvalue weighted by molar-refractivity contribution is 0.0532. The highest BCUT2D eigenvalue weighted by Crippen LogP contribution is 2.22. The van der Waals surface area contributed by atoms with Gasteiger partial charge in [-0.2, -0.15) is 0 Å². The SMILES string of the molecule is CC1CN(c2ccc(NS(=O)(=O)c3ccccc3)cc2)CCO1. The minimum Gasteiger partial charge on any atom is -0.375 e. The van der Waals surface area contributed by atoms with Crippen LogP contribution in [0.5, 0.6) is 0 Å². The van der Waals surface area contributed by atoms with E-state index in [0.29, 0.717) is 12.3 Å². The summed E-state index contributed by atoms with van der Waals surface area (Å²) in [5, 5.41) is 0. The van der Waals surface area contributed by atoms with Gasteiger partial charge in [-0.05, 0) is 43.3 Å². The van der Waals surface area contributed by atoms with E-state index in [1.54, 1.807) is 42.5 Å². The van der Waals surface area contributed by atoms with Crippen molar-refractivity contribution < 1.29 is 13.2 Å². The lowest BCUT2D eigenvalue weighted by Crippen LogP contribution is -2.41. The Balaban J connectivity index is 1.73. The maximum atomic E-state index is 12.3. The summed E-state index contributed by atoms with van der Waals surface area (Å²) in [6.07, 6.45) is 0.208. The molecule has 6 heteroatoms. The highest BCUT2D eigenvalue weighted by Gasteiger charge is 2.17. The van der Waals surface area contributed by atoms with E-state index in [1.807, 2.05) is 12.1 Å². The highest BCUT2D eigenvalue weighted by molar-refractivity contribution is 7.92. The van der Waals surface area contributed by atoms with E-state index in [1.165, 1.54) is 0 Å². The molecule has 0 radical (unpaired) electrons. The molecule has 122 valence electrons. The van der Waals surface area contributed by atoms with Crippen LogP contribution in [0.3, 0.4) is 0 Å². The van der Waals surface area contributed by atoms with Crippen LogP contribution in [0.1, 0.15) is 6.92 Å². The zero-order valence-corrected chi connectivity index (χ0v) is 13.8. The van der Waals surface area contributed by atoms with Gasteiger partial charge in [0.25, 0.3) is 10.0 Å². The normalized spacial score (nSPS) is 18.7. The fraction of sp³-hybridized carbons (Fsp3) is 0.294. The van der Waals surface area contributed by atoms with E-state index in [4.69, 9.17) is 4.74 Å². The number of anilines is 2. The topological polar surface area (TPSA) is 58.6 Å². The van der Waals surface area contributed by atoms with Crippen molar-refractivity contribution in [3.63, 3.8) is 0 Å². The highest BCUT2D eigenvalue weighted by atomic mass is 32.2.